The minimum atomic E-state index is 0.627. The van der Waals surface area contributed by atoms with Gasteiger partial charge in [0.15, 0.2) is 0 Å². The molecule has 0 saturated heterocycles. The lowest BCUT2D eigenvalue weighted by atomic mass is 9.86. The van der Waals surface area contributed by atoms with E-state index in [1.807, 2.05) is 0 Å². The standard InChI is InChI=1S/C12H28N3/c1-10(2)14-12-8-11(9-12)13-6-7-15(3,4)5/h10-14H,6-9H2,1-5H3/q+1. The molecule has 0 radical (unpaired) electrons. The SMILES string of the molecule is CC(C)NC1CC(NCC[N+](C)(C)C)C1. The molecule has 0 aliphatic heterocycles. The Labute approximate surface area is 94.8 Å². The van der Waals surface area contributed by atoms with Crippen LogP contribution in [0.4, 0.5) is 0 Å². The maximum atomic E-state index is 3.62. The fourth-order valence-electron chi connectivity index (χ4n) is 2.00. The van der Waals surface area contributed by atoms with Crippen molar-refractivity contribution in [1.29, 1.82) is 0 Å². The van der Waals surface area contributed by atoms with Crippen LogP contribution in [0.5, 0.6) is 0 Å². The molecule has 0 unspecified atom stereocenters. The van der Waals surface area contributed by atoms with Gasteiger partial charge in [-0.2, -0.15) is 0 Å². The Hall–Kier alpha value is -0.120. The quantitative estimate of drug-likeness (QED) is 0.640. The molecule has 0 atom stereocenters. The molecule has 0 bridgehead atoms. The predicted octanol–water partition coefficient (Wildman–Crippen LogP) is 0.811. The van der Waals surface area contributed by atoms with Gasteiger partial charge >= 0.3 is 0 Å². The maximum Gasteiger partial charge on any atom is 0.0907 e. The average Bonchev–Trinajstić information content (AvgIpc) is 1.96. The third-order valence-electron chi connectivity index (χ3n) is 2.92. The smallest absolute Gasteiger partial charge is 0.0907 e. The second-order valence-corrected chi connectivity index (χ2v) is 6.15. The molecule has 90 valence electrons. The summed E-state index contributed by atoms with van der Waals surface area (Å²) in [6.45, 7) is 6.79. The van der Waals surface area contributed by atoms with Crippen LogP contribution in [0.3, 0.4) is 0 Å². The fourth-order valence-corrected chi connectivity index (χ4v) is 2.00. The molecule has 3 nitrogen and oxygen atoms in total. The van der Waals surface area contributed by atoms with E-state index in [-0.39, 0.29) is 0 Å². The largest absolute Gasteiger partial charge is 0.330 e. The highest BCUT2D eigenvalue weighted by molar-refractivity contribution is 4.90. The number of hydrogen-bond donors (Lipinski definition) is 2. The van der Waals surface area contributed by atoms with Crippen molar-refractivity contribution in [3.63, 3.8) is 0 Å². The Bertz CT molecular complexity index is 178. The molecular formula is C12H28N3+. The van der Waals surface area contributed by atoms with E-state index in [1.165, 1.54) is 19.4 Å². The monoisotopic (exact) mass is 214 g/mol. The zero-order valence-electron chi connectivity index (χ0n) is 11.0. The molecule has 15 heavy (non-hydrogen) atoms. The Morgan fingerprint density at radius 3 is 2.20 bits per heavy atom. The lowest BCUT2D eigenvalue weighted by Gasteiger charge is -2.38. The van der Waals surface area contributed by atoms with Crippen molar-refractivity contribution in [2.75, 3.05) is 34.2 Å². The minimum absolute atomic E-state index is 0.627. The molecule has 0 heterocycles. The van der Waals surface area contributed by atoms with Gasteiger partial charge in [-0.05, 0) is 12.8 Å². The number of nitrogens with one attached hydrogen (secondary N) is 2. The fraction of sp³-hybridized carbons (Fsp3) is 1.00. The van der Waals surface area contributed by atoms with Crippen molar-refractivity contribution in [1.82, 2.24) is 10.6 Å². The molecule has 1 saturated carbocycles. The third kappa shape index (κ3) is 5.50. The highest BCUT2D eigenvalue weighted by atomic mass is 15.3. The summed E-state index contributed by atoms with van der Waals surface area (Å²) in [5.41, 5.74) is 0. The molecule has 0 aromatic heterocycles. The van der Waals surface area contributed by atoms with Crippen LogP contribution in [0, 0.1) is 0 Å². The molecule has 0 amide bonds. The van der Waals surface area contributed by atoms with Crippen LogP contribution < -0.4 is 10.6 Å². The van der Waals surface area contributed by atoms with Crippen molar-refractivity contribution in [2.24, 2.45) is 0 Å². The predicted molar refractivity (Wildman–Crippen MR) is 66.0 cm³/mol. The third-order valence-corrected chi connectivity index (χ3v) is 2.92. The lowest BCUT2D eigenvalue weighted by molar-refractivity contribution is -0.869. The van der Waals surface area contributed by atoms with E-state index in [1.54, 1.807) is 0 Å². The number of quaternary nitrogens is 1. The first kappa shape index (κ1) is 12.9. The minimum Gasteiger partial charge on any atom is -0.330 e. The topological polar surface area (TPSA) is 24.1 Å². The van der Waals surface area contributed by atoms with Gasteiger partial charge in [0.25, 0.3) is 0 Å². The molecule has 2 N–H and O–H groups in total. The van der Waals surface area contributed by atoms with Crippen LogP contribution >= 0.6 is 0 Å². The van der Waals surface area contributed by atoms with Gasteiger partial charge in [0, 0.05) is 24.7 Å². The first-order valence-corrected chi connectivity index (χ1v) is 6.17. The summed E-state index contributed by atoms with van der Waals surface area (Å²) in [6.07, 6.45) is 2.60. The molecule has 1 fully saturated rings. The maximum absolute atomic E-state index is 3.62. The Morgan fingerprint density at radius 1 is 1.13 bits per heavy atom. The van der Waals surface area contributed by atoms with Gasteiger partial charge < -0.3 is 15.1 Å². The number of hydrogen-bond acceptors (Lipinski definition) is 2. The summed E-state index contributed by atoms with van der Waals surface area (Å²) in [5.74, 6) is 0. The van der Waals surface area contributed by atoms with Crippen molar-refractivity contribution in [3.8, 4) is 0 Å². The van der Waals surface area contributed by atoms with E-state index in [2.05, 4.69) is 45.6 Å². The van der Waals surface area contributed by atoms with Gasteiger partial charge in [-0.3, -0.25) is 0 Å². The van der Waals surface area contributed by atoms with E-state index >= 15 is 0 Å². The molecule has 1 aliphatic carbocycles. The van der Waals surface area contributed by atoms with Crippen LogP contribution in [0.2, 0.25) is 0 Å². The first-order chi connectivity index (χ1) is 6.87. The molecule has 0 aromatic rings. The van der Waals surface area contributed by atoms with Gasteiger partial charge in [0.05, 0.1) is 27.7 Å². The highest BCUT2D eigenvalue weighted by Crippen LogP contribution is 2.20. The Balaban J connectivity index is 1.99. The van der Waals surface area contributed by atoms with E-state index in [9.17, 15) is 0 Å². The van der Waals surface area contributed by atoms with E-state index in [0.29, 0.717) is 6.04 Å². The van der Waals surface area contributed by atoms with Crippen LogP contribution in [0.15, 0.2) is 0 Å². The molecule has 3 heteroatoms. The van der Waals surface area contributed by atoms with Crippen molar-refractivity contribution in [2.45, 2.75) is 44.8 Å². The number of likely N-dealkylation sites (N-methyl/N-ethyl adjacent to an activating group) is 1. The summed E-state index contributed by atoms with van der Waals surface area (Å²) in [4.78, 5) is 0. The van der Waals surface area contributed by atoms with Gasteiger partial charge in [-0.25, -0.2) is 0 Å². The molecular weight excluding hydrogens is 186 g/mol. The van der Waals surface area contributed by atoms with Crippen LogP contribution in [0.25, 0.3) is 0 Å². The number of rotatable bonds is 6. The van der Waals surface area contributed by atoms with Gasteiger partial charge in [0.1, 0.15) is 0 Å². The molecule has 1 rings (SSSR count). The van der Waals surface area contributed by atoms with Crippen molar-refractivity contribution < 1.29 is 4.48 Å². The average molecular weight is 214 g/mol. The zero-order valence-corrected chi connectivity index (χ0v) is 11.0. The van der Waals surface area contributed by atoms with E-state index in [4.69, 9.17) is 0 Å². The van der Waals surface area contributed by atoms with Gasteiger partial charge in [-0.15, -0.1) is 0 Å². The summed E-state index contributed by atoms with van der Waals surface area (Å²) < 4.78 is 1.05. The van der Waals surface area contributed by atoms with Crippen LogP contribution in [-0.2, 0) is 0 Å². The second kappa shape index (κ2) is 5.28. The summed E-state index contributed by atoms with van der Waals surface area (Å²) >= 11 is 0. The van der Waals surface area contributed by atoms with Gasteiger partial charge in [-0.1, -0.05) is 13.8 Å². The molecule has 1 aliphatic rings. The van der Waals surface area contributed by atoms with E-state index < -0.39 is 0 Å². The molecule has 0 spiro atoms. The lowest BCUT2D eigenvalue weighted by Crippen LogP contribution is -2.54. The van der Waals surface area contributed by atoms with Crippen molar-refractivity contribution in [3.05, 3.63) is 0 Å². The zero-order chi connectivity index (χ0) is 11.5. The normalized spacial score (nSPS) is 26.8. The van der Waals surface area contributed by atoms with Crippen LogP contribution in [-0.4, -0.2) is 56.8 Å². The first-order valence-electron chi connectivity index (χ1n) is 6.17. The highest BCUT2D eigenvalue weighted by Gasteiger charge is 2.28. The van der Waals surface area contributed by atoms with Crippen molar-refractivity contribution >= 4 is 0 Å². The van der Waals surface area contributed by atoms with Gasteiger partial charge in [0.2, 0.25) is 0 Å². The summed E-state index contributed by atoms with van der Waals surface area (Å²) in [6, 6.07) is 2.14. The second-order valence-electron chi connectivity index (χ2n) is 6.15. The molecule has 0 aromatic carbocycles. The summed E-state index contributed by atoms with van der Waals surface area (Å²) in [5, 5.41) is 7.20. The number of nitrogens with zero attached hydrogens (tertiary/aromatic N) is 1. The summed E-state index contributed by atoms with van der Waals surface area (Å²) in [7, 11) is 6.72. The van der Waals surface area contributed by atoms with E-state index in [0.717, 1.165) is 23.1 Å². The Kier molecular flexibility index (Phi) is 4.56. The Morgan fingerprint density at radius 2 is 1.73 bits per heavy atom. The van der Waals surface area contributed by atoms with Crippen LogP contribution in [0.1, 0.15) is 26.7 Å².